The van der Waals surface area contributed by atoms with Crippen LogP contribution in [0.3, 0.4) is 0 Å². The zero-order chi connectivity index (χ0) is 19.3. The van der Waals surface area contributed by atoms with Gasteiger partial charge in [0.1, 0.15) is 5.58 Å². The van der Waals surface area contributed by atoms with Gasteiger partial charge in [0, 0.05) is 21.9 Å². The lowest BCUT2D eigenvalue weighted by Crippen LogP contribution is -2.05. The molecule has 1 N–H and O–H groups in total. The average molecular weight is 365 g/mol. The van der Waals surface area contributed by atoms with Gasteiger partial charge < -0.3 is 9.40 Å². The van der Waals surface area contributed by atoms with Gasteiger partial charge in [0.05, 0.1) is 11.2 Å². The van der Waals surface area contributed by atoms with Crippen LogP contribution in [0.25, 0.3) is 44.3 Å². The largest absolute Gasteiger partial charge is 0.422 e. The first-order valence-corrected chi connectivity index (χ1v) is 9.34. The zero-order valence-electron chi connectivity index (χ0n) is 15.7. The Kier molecular flexibility index (Phi) is 3.69. The average Bonchev–Trinajstić information content (AvgIpc) is 3.12. The summed E-state index contributed by atoms with van der Waals surface area (Å²) in [7, 11) is 0. The van der Waals surface area contributed by atoms with Crippen molar-refractivity contribution in [3.05, 3.63) is 94.3 Å². The minimum absolute atomic E-state index is 0.275. The van der Waals surface area contributed by atoms with E-state index in [0.717, 1.165) is 44.2 Å². The molecule has 0 saturated heterocycles. The Morgan fingerprint density at radius 1 is 0.750 bits per heavy atom. The smallest absolute Gasteiger partial charge is 0.339 e. The first kappa shape index (κ1) is 16.6. The van der Waals surface area contributed by atoms with E-state index in [1.54, 1.807) is 0 Å². The second-order valence-corrected chi connectivity index (χ2v) is 7.11. The van der Waals surface area contributed by atoms with E-state index in [4.69, 9.17) is 4.42 Å². The molecule has 2 aromatic heterocycles. The molecule has 28 heavy (non-hydrogen) atoms. The van der Waals surface area contributed by atoms with E-state index in [2.05, 4.69) is 41.4 Å². The Bertz CT molecular complexity index is 1380. The molecule has 3 nitrogen and oxygen atoms in total. The number of fused-ring (bicyclic) bond motifs is 3. The number of rotatable bonds is 2. The number of aryl methyl sites for hydroxylation is 1. The standard InChI is InChI=1S/C25H19NO2/c1-15-16(2)25(27)28-20-14-13-19-22(17-9-5-3-6-10-17)23(26-24(19)21(15)20)18-11-7-4-8-12-18/h3-14,26H,1-2H3. The molecule has 0 bridgehead atoms. The first-order valence-electron chi connectivity index (χ1n) is 9.34. The van der Waals surface area contributed by atoms with Gasteiger partial charge in [0.15, 0.2) is 0 Å². The fraction of sp³-hybridized carbons (Fsp3) is 0.0800. The van der Waals surface area contributed by atoms with Crippen molar-refractivity contribution in [3.8, 4) is 22.4 Å². The monoisotopic (exact) mass is 365 g/mol. The fourth-order valence-electron chi connectivity index (χ4n) is 3.94. The summed E-state index contributed by atoms with van der Waals surface area (Å²) < 4.78 is 5.57. The Morgan fingerprint density at radius 2 is 1.39 bits per heavy atom. The van der Waals surface area contributed by atoms with Gasteiger partial charge in [-0.25, -0.2) is 4.79 Å². The highest BCUT2D eigenvalue weighted by molar-refractivity contribution is 6.14. The van der Waals surface area contributed by atoms with Crippen LogP contribution in [-0.4, -0.2) is 4.98 Å². The summed E-state index contributed by atoms with van der Waals surface area (Å²) in [5, 5.41) is 2.09. The van der Waals surface area contributed by atoms with Crippen molar-refractivity contribution in [3.63, 3.8) is 0 Å². The summed E-state index contributed by atoms with van der Waals surface area (Å²) in [4.78, 5) is 15.8. The molecule has 0 amide bonds. The molecular weight excluding hydrogens is 346 g/mol. The predicted octanol–water partition coefficient (Wildman–Crippen LogP) is 6.23. The Labute approximate surface area is 162 Å². The molecule has 5 rings (SSSR count). The van der Waals surface area contributed by atoms with E-state index in [1.165, 1.54) is 0 Å². The molecule has 0 atom stereocenters. The topological polar surface area (TPSA) is 46.0 Å². The molecule has 0 unspecified atom stereocenters. The van der Waals surface area contributed by atoms with Gasteiger partial charge in [-0.2, -0.15) is 0 Å². The van der Waals surface area contributed by atoms with Crippen LogP contribution >= 0.6 is 0 Å². The van der Waals surface area contributed by atoms with E-state index in [1.807, 2.05) is 50.2 Å². The minimum atomic E-state index is -0.275. The molecule has 0 fully saturated rings. The second kappa shape index (κ2) is 6.24. The highest BCUT2D eigenvalue weighted by atomic mass is 16.4. The number of nitrogens with one attached hydrogen (secondary N) is 1. The maximum absolute atomic E-state index is 12.1. The minimum Gasteiger partial charge on any atom is -0.422 e. The van der Waals surface area contributed by atoms with Crippen molar-refractivity contribution < 1.29 is 4.42 Å². The van der Waals surface area contributed by atoms with Crippen LogP contribution in [0.4, 0.5) is 0 Å². The third kappa shape index (κ3) is 2.40. The van der Waals surface area contributed by atoms with E-state index in [0.29, 0.717) is 11.1 Å². The lowest BCUT2D eigenvalue weighted by Gasteiger charge is -2.06. The quantitative estimate of drug-likeness (QED) is 0.377. The van der Waals surface area contributed by atoms with Crippen molar-refractivity contribution in [2.45, 2.75) is 13.8 Å². The maximum Gasteiger partial charge on any atom is 0.339 e. The third-order valence-corrected chi connectivity index (χ3v) is 5.51. The summed E-state index contributed by atoms with van der Waals surface area (Å²) >= 11 is 0. The van der Waals surface area contributed by atoms with Crippen LogP contribution in [0.15, 0.2) is 82.0 Å². The molecule has 0 saturated carbocycles. The van der Waals surface area contributed by atoms with Crippen LogP contribution in [0.1, 0.15) is 11.1 Å². The van der Waals surface area contributed by atoms with E-state index >= 15 is 0 Å². The van der Waals surface area contributed by atoms with E-state index in [-0.39, 0.29) is 5.63 Å². The SMILES string of the molecule is Cc1c(C)c2c(ccc3c(-c4ccccc4)c(-c4ccccc4)[nH]c32)oc1=O. The molecule has 0 aliphatic heterocycles. The number of hydrogen-bond acceptors (Lipinski definition) is 2. The van der Waals surface area contributed by atoms with Crippen LogP contribution in [-0.2, 0) is 0 Å². The number of benzene rings is 3. The molecule has 0 spiro atoms. The number of aromatic amines is 1. The first-order chi connectivity index (χ1) is 13.6. The van der Waals surface area contributed by atoms with Crippen molar-refractivity contribution in [2.24, 2.45) is 0 Å². The lowest BCUT2D eigenvalue weighted by atomic mass is 9.97. The number of hydrogen-bond donors (Lipinski definition) is 1. The van der Waals surface area contributed by atoms with Crippen molar-refractivity contribution in [2.75, 3.05) is 0 Å². The van der Waals surface area contributed by atoms with Gasteiger partial charge in [-0.1, -0.05) is 60.7 Å². The van der Waals surface area contributed by atoms with Gasteiger partial charge in [-0.3, -0.25) is 0 Å². The molecule has 5 aromatic rings. The Morgan fingerprint density at radius 3 is 2.07 bits per heavy atom. The summed E-state index contributed by atoms with van der Waals surface area (Å²) in [6, 6.07) is 24.7. The molecule has 3 heteroatoms. The molecule has 2 heterocycles. The molecule has 0 aliphatic rings. The third-order valence-electron chi connectivity index (χ3n) is 5.51. The lowest BCUT2D eigenvalue weighted by molar-refractivity contribution is 0.554. The van der Waals surface area contributed by atoms with Gasteiger partial charge >= 0.3 is 5.63 Å². The number of aromatic nitrogens is 1. The zero-order valence-corrected chi connectivity index (χ0v) is 15.7. The van der Waals surface area contributed by atoms with Gasteiger partial charge in [-0.15, -0.1) is 0 Å². The molecule has 0 aliphatic carbocycles. The second-order valence-electron chi connectivity index (χ2n) is 7.11. The molecular formula is C25H19NO2. The molecule has 3 aromatic carbocycles. The van der Waals surface area contributed by atoms with Gasteiger partial charge in [-0.05, 0) is 42.7 Å². The summed E-state index contributed by atoms with van der Waals surface area (Å²) in [6.45, 7) is 3.80. The molecule has 0 radical (unpaired) electrons. The Hall–Kier alpha value is -3.59. The predicted molar refractivity (Wildman–Crippen MR) is 115 cm³/mol. The van der Waals surface area contributed by atoms with Crippen LogP contribution in [0.2, 0.25) is 0 Å². The van der Waals surface area contributed by atoms with E-state index < -0.39 is 0 Å². The van der Waals surface area contributed by atoms with Crippen molar-refractivity contribution >= 4 is 21.9 Å². The van der Waals surface area contributed by atoms with Gasteiger partial charge in [0.2, 0.25) is 0 Å². The molecule has 136 valence electrons. The van der Waals surface area contributed by atoms with Crippen LogP contribution in [0, 0.1) is 13.8 Å². The summed E-state index contributed by atoms with van der Waals surface area (Å²) in [5.74, 6) is 0. The van der Waals surface area contributed by atoms with Crippen LogP contribution < -0.4 is 5.63 Å². The van der Waals surface area contributed by atoms with Gasteiger partial charge in [0.25, 0.3) is 0 Å². The normalized spacial score (nSPS) is 11.4. The fourth-order valence-corrected chi connectivity index (χ4v) is 3.94. The Balaban J connectivity index is 1.97. The van der Waals surface area contributed by atoms with Crippen LogP contribution in [0.5, 0.6) is 0 Å². The maximum atomic E-state index is 12.1. The van der Waals surface area contributed by atoms with Crippen molar-refractivity contribution in [1.82, 2.24) is 4.98 Å². The van der Waals surface area contributed by atoms with Crippen molar-refractivity contribution in [1.29, 1.82) is 0 Å². The summed E-state index contributed by atoms with van der Waals surface area (Å²) in [6.07, 6.45) is 0. The number of H-pyrrole nitrogens is 1. The summed E-state index contributed by atoms with van der Waals surface area (Å²) in [5.41, 5.74) is 7.44. The highest BCUT2D eigenvalue weighted by Crippen LogP contribution is 2.41. The van der Waals surface area contributed by atoms with E-state index in [9.17, 15) is 4.79 Å². The highest BCUT2D eigenvalue weighted by Gasteiger charge is 2.19.